The second-order valence-electron chi connectivity index (χ2n) is 6.59. The van der Waals surface area contributed by atoms with E-state index in [1.54, 1.807) is 7.11 Å². The molecule has 152 valence electrons. The molecule has 5 nitrogen and oxygen atoms in total. The van der Waals surface area contributed by atoms with Crippen molar-refractivity contribution in [1.82, 2.24) is 5.32 Å². The van der Waals surface area contributed by atoms with Gasteiger partial charge in [-0.1, -0.05) is 31.2 Å². The molecule has 0 radical (unpaired) electrons. The molecule has 1 unspecified atom stereocenters. The van der Waals surface area contributed by atoms with Gasteiger partial charge in [0.1, 0.15) is 5.75 Å². The summed E-state index contributed by atoms with van der Waals surface area (Å²) in [6.45, 7) is 7.24. The molecule has 0 saturated heterocycles. The Morgan fingerprint density at radius 1 is 1.04 bits per heavy atom. The summed E-state index contributed by atoms with van der Waals surface area (Å²) in [6.07, 6.45) is 1.98. The van der Waals surface area contributed by atoms with Gasteiger partial charge in [-0.3, -0.25) is 4.79 Å². The molecule has 2 rings (SSSR count). The summed E-state index contributed by atoms with van der Waals surface area (Å²) in [7, 11) is 1.62. The van der Waals surface area contributed by atoms with Crippen molar-refractivity contribution in [2.75, 3.05) is 20.3 Å². The molecule has 0 spiro atoms. The van der Waals surface area contributed by atoms with Crippen molar-refractivity contribution in [3.8, 4) is 17.2 Å². The van der Waals surface area contributed by atoms with Gasteiger partial charge in [0.05, 0.1) is 26.4 Å². The first-order valence-corrected chi connectivity index (χ1v) is 9.89. The van der Waals surface area contributed by atoms with E-state index in [-0.39, 0.29) is 11.9 Å². The maximum absolute atomic E-state index is 12.4. The Bertz CT molecular complexity index is 760. The molecule has 0 saturated carbocycles. The molecule has 1 amide bonds. The number of amides is 1. The first-order valence-electron chi connectivity index (χ1n) is 9.89. The lowest BCUT2D eigenvalue weighted by Gasteiger charge is -2.17. The minimum atomic E-state index is -0.122. The highest BCUT2D eigenvalue weighted by Crippen LogP contribution is 2.30. The van der Waals surface area contributed by atoms with Crippen molar-refractivity contribution in [3.05, 3.63) is 53.6 Å². The van der Waals surface area contributed by atoms with Gasteiger partial charge in [-0.15, -0.1) is 0 Å². The van der Waals surface area contributed by atoms with Crippen LogP contribution in [0.15, 0.2) is 42.5 Å². The third-order valence-electron chi connectivity index (χ3n) is 4.42. The number of aryl methyl sites for hydroxylation is 1. The Hall–Kier alpha value is -2.69. The fraction of sp³-hybridized carbons (Fsp3) is 0.435. The Kier molecular flexibility index (Phi) is 8.66. The van der Waals surface area contributed by atoms with E-state index in [0.29, 0.717) is 31.8 Å². The number of rotatable bonds is 11. The number of carbonyl (C=O) groups excluding carboxylic acids is 1. The molecule has 28 heavy (non-hydrogen) atoms. The maximum atomic E-state index is 12.4. The van der Waals surface area contributed by atoms with Crippen LogP contribution in [-0.4, -0.2) is 26.2 Å². The van der Waals surface area contributed by atoms with Crippen molar-refractivity contribution >= 4 is 5.91 Å². The molecule has 1 N–H and O–H groups in total. The maximum Gasteiger partial charge on any atom is 0.220 e. The Balaban J connectivity index is 1.95. The van der Waals surface area contributed by atoms with Gasteiger partial charge >= 0.3 is 0 Å². The van der Waals surface area contributed by atoms with Crippen LogP contribution >= 0.6 is 0 Å². The molecule has 0 aromatic heterocycles. The van der Waals surface area contributed by atoms with Gasteiger partial charge in [0.2, 0.25) is 5.91 Å². The number of hydrogen-bond donors (Lipinski definition) is 1. The monoisotopic (exact) mass is 385 g/mol. The lowest BCUT2D eigenvalue weighted by atomic mass is 10.1. The standard InChI is InChI=1S/C23H31NO4/c1-5-15-28-21-13-11-19(16-22(21)26-4)17(3)24-23(25)14-12-18-9-7-8-10-20(18)27-6-2/h7-11,13,16-17H,5-6,12,14-15H2,1-4H3,(H,24,25). The van der Waals surface area contributed by atoms with E-state index in [1.807, 2.05) is 56.3 Å². The van der Waals surface area contributed by atoms with Crippen LogP contribution < -0.4 is 19.5 Å². The number of ether oxygens (including phenoxy) is 3. The average Bonchev–Trinajstić information content (AvgIpc) is 2.71. The van der Waals surface area contributed by atoms with Crippen molar-refractivity contribution in [2.24, 2.45) is 0 Å². The third-order valence-corrected chi connectivity index (χ3v) is 4.42. The second kappa shape index (κ2) is 11.2. The smallest absolute Gasteiger partial charge is 0.220 e. The van der Waals surface area contributed by atoms with Crippen LogP contribution in [0.3, 0.4) is 0 Å². The fourth-order valence-electron chi connectivity index (χ4n) is 2.94. The van der Waals surface area contributed by atoms with Crippen LogP contribution in [0, 0.1) is 0 Å². The number of nitrogens with one attached hydrogen (secondary N) is 1. The largest absolute Gasteiger partial charge is 0.494 e. The molecule has 0 aliphatic heterocycles. The average molecular weight is 386 g/mol. The molecule has 0 bridgehead atoms. The van der Waals surface area contributed by atoms with Crippen molar-refractivity contribution in [3.63, 3.8) is 0 Å². The topological polar surface area (TPSA) is 56.8 Å². The quantitative estimate of drug-likeness (QED) is 0.609. The molecule has 0 fully saturated rings. The summed E-state index contributed by atoms with van der Waals surface area (Å²) in [5.74, 6) is 2.25. The van der Waals surface area contributed by atoms with Gasteiger partial charge < -0.3 is 19.5 Å². The van der Waals surface area contributed by atoms with E-state index in [4.69, 9.17) is 14.2 Å². The third kappa shape index (κ3) is 6.19. The predicted molar refractivity (Wildman–Crippen MR) is 111 cm³/mol. The number of benzene rings is 2. The summed E-state index contributed by atoms with van der Waals surface area (Å²) in [5.41, 5.74) is 2.02. The van der Waals surface area contributed by atoms with Crippen LogP contribution in [0.2, 0.25) is 0 Å². The summed E-state index contributed by atoms with van der Waals surface area (Å²) in [5, 5.41) is 3.06. The van der Waals surface area contributed by atoms with Crippen molar-refractivity contribution in [2.45, 2.75) is 46.1 Å². The molecule has 0 aliphatic rings. The van der Waals surface area contributed by atoms with E-state index in [0.717, 1.165) is 29.0 Å². The lowest BCUT2D eigenvalue weighted by molar-refractivity contribution is -0.121. The second-order valence-corrected chi connectivity index (χ2v) is 6.59. The predicted octanol–water partition coefficient (Wildman–Crippen LogP) is 4.69. The number of hydrogen-bond acceptors (Lipinski definition) is 4. The minimum Gasteiger partial charge on any atom is -0.494 e. The fourth-order valence-corrected chi connectivity index (χ4v) is 2.94. The number of para-hydroxylation sites is 1. The van der Waals surface area contributed by atoms with Gasteiger partial charge in [-0.05, 0) is 56.0 Å². The van der Waals surface area contributed by atoms with Crippen molar-refractivity contribution < 1.29 is 19.0 Å². The molecule has 2 aromatic carbocycles. The summed E-state index contributed by atoms with van der Waals surface area (Å²) in [4.78, 5) is 12.4. The molecule has 0 aliphatic carbocycles. The summed E-state index contributed by atoms with van der Waals surface area (Å²) < 4.78 is 16.7. The Labute approximate surface area is 168 Å². The van der Waals surface area contributed by atoms with Crippen LogP contribution in [-0.2, 0) is 11.2 Å². The van der Waals surface area contributed by atoms with Gasteiger partial charge in [-0.2, -0.15) is 0 Å². The van der Waals surface area contributed by atoms with Gasteiger partial charge in [0.25, 0.3) is 0 Å². The first-order chi connectivity index (χ1) is 13.6. The molecule has 2 aromatic rings. The van der Waals surface area contributed by atoms with E-state index in [2.05, 4.69) is 12.2 Å². The van der Waals surface area contributed by atoms with E-state index in [9.17, 15) is 4.79 Å². The highest BCUT2D eigenvalue weighted by molar-refractivity contribution is 5.76. The van der Waals surface area contributed by atoms with E-state index < -0.39 is 0 Å². The van der Waals surface area contributed by atoms with Crippen LogP contribution in [0.1, 0.15) is 50.8 Å². The zero-order valence-electron chi connectivity index (χ0n) is 17.3. The molecule has 5 heteroatoms. The normalized spacial score (nSPS) is 11.6. The zero-order valence-corrected chi connectivity index (χ0v) is 17.3. The van der Waals surface area contributed by atoms with Crippen molar-refractivity contribution in [1.29, 1.82) is 0 Å². The summed E-state index contributed by atoms with van der Waals surface area (Å²) in [6, 6.07) is 13.5. The summed E-state index contributed by atoms with van der Waals surface area (Å²) >= 11 is 0. The molecular formula is C23H31NO4. The Morgan fingerprint density at radius 2 is 1.82 bits per heavy atom. The van der Waals surface area contributed by atoms with Gasteiger partial charge in [-0.25, -0.2) is 0 Å². The Morgan fingerprint density at radius 3 is 2.54 bits per heavy atom. The first kappa shape index (κ1) is 21.6. The van der Waals surface area contributed by atoms with Gasteiger partial charge in [0, 0.05) is 6.42 Å². The molecular weight excluding hydrogens is 354 g/mol. The van der Waals surface area contributed by atoms with Crippen LogP contribution in [0.5, 0.6) is 17.2 Å². The number of methoxy groups -OCH3 is 1. The lowest BCUT2D eigenvalue weighted by Crippen LogP contribution is -2.26. The van der Waals surface area contributed by atoms with Gasteiger partial charge in [0.15, 0.2) is 11.5 Å². The highest BCUT2D eigenvalue weighted by atomic mass is 16.5. The minimum absolute atomic E-state index is 0.00378. The molecule has 1 atom stereocenters. The highest BCUT2D eigenvalue weighted by Gasteiger charge is 2.14. The van der Waals surface area contributed by atoms with Crippen LogP contribution in [0.25, 0.3) is 0 Å². The molecule has 0 heterocycles. The van der Waals surface area contributed by atoms with E-state index >= 15 is 0 Å². The van der Waals surface area contributed by atoms with E-state index in [1.165, 1.54) is 0 Å². The van der Waals surface area contributed by atoms with Crippen LogP contribution in [0.4, 0.5) is 0 Å². The number of carbonyl (C=O) groups is 1. The SMILES string of the molecule is CCCOc1ccc(C(C)NC(=O)CCc2ccccc2OCC)cc1OC. The zero-order chi connectivity index (χ0) is 20.4.